The Morgan fingerprint density at radius 3 is 2.87 bits per heavy atom. The summed E-state index contributed by atoms with van der Waals surface area (Å²) in [6, 6.07) is 7.31. The number of aliphatic carboxylic acids is 1. The number of hydrogen-bond donors (Lipinski definition) is 1. The molecule has 0 amide bonds. The third kappa shape index (κ3) is 3.74. The molecule has 0 heterocycles. The highest BCUT2D eigenvalue weighted by Crippen LogP contribution is 2.16. The summed E-state index contributed by atoms with van der Waals surface area (Å²) < 4.78 is 5.34. The monoisotopic (exact) mass is 204 g/mol. The molecule has 0 saturated carbocycles. The number of carbonyl (C=O) groups is 1. The van der Waals surface area contributed by atoms with Crippen LogP contribution in [-0.2, 0) is 4.79 Å². The van der Waals surface area contributed by atoms with Gasteiger partial charge in [-0.1, -0.05) is 24.0 Å². The van der Waals surface area contributed by atoms with Gasteiger partial charge in [0.25, 0.3) is 0 Å². The van der Waals surface area contributed by atoms with Gasteiger partial charge < -0.3 is 9.84 Å². The van der Waals surface area contributed by atoms with Crippen LogP contribution in [-0.4, -0.2) is 17.7 Å². The number of hydrogen-bond acceptors (Lipinski definition) is 2. The average molecular weight is 204 g/mol. The van der Waals surface area contributed by atoms with Crippen LogP contribution in [0.5, 0.6) is 5.75 Å². The summed E-state index contributed by atoms with van der Waals surface area (Å²) in [7, 11) is 0. The van der Waals surface area contributed by atoms with Gasteiger partial charge in [0.1, 0.15) is 12.2 Å². The second-order valence-electron chi connectivity index (χ2n) is 2.80. The summed E-state index contributed by atoms with van der Waals surface area (Å²) in [6.07, 6.45) is -0.152. The molecule has 0 aliphatic carbocycles. The van der Waals surface area contributed by atoms with Crippen molar-refractivity contribution in [3.8, 4) is 17.6 Å². The molecule has 1 N–H and O–H groups in total. The molecule has 1 aromatic carbocycles. The first-order chi connectivity index (χ1) is 7.24. The van der Waals surface area contributed by atoms with Crippen molar-refractivity contribution >= 4 is 5.97 Å². The normalized spacial score (nSPS) is 8.87. The van der Waals surface area contributed by atoms with E-state index in [1.165, 1.54) is 0 Å². The molecule has 15 heavy (non-hydrogen) atoms. The van der Waals surface area contributed by atoms with E-state index in [2.05, 4.69) is 11.8 Å². The van der Waals surface area contributed by atoms with E-state index in [1.54, 1.807) is 6.07 Å². The predicted molar refractivity (Wildman–Crippen MR) is 56.7 cm³/mol. The second kappa shape index (κ2) is 5.71. The van der Waals surface area contributed by atoms with Crippen LogP contribution in [0.15, 0.2) is 24.3 Å². The molecule has 0 fully saturated rings. The highest BCUT2D eigenvalue weighted by molar-refractivity contribution is 5.70. The standard InChI is InChI=1S/C12H12O3/c1-2-15-11-8-4-3-6-10(11)7-5-9-12(13)14/h3-4,6,8H,2,9H2,1H3,(H,13,14). The number of carboxylic acid groups (broad SMARTS) is 1. The molecule has 1 aromatic rings. The quantitative estimate of drug-likeness (QED) is 0.765. The molecular weight excluding hydrogens is 192 g/mol. The van der Waals surface area contributed by atoms with E-state index >= 15 is 0 Å². The largest absolute Gasteiger partial charge is 0.493 e. The Bertz CT molecular complexity index is 399. The van der Waals surface area contributed by atoms with E-state index in [1.807, 2.05) is 25.1 Å². The maximum atomic E-state index is 10.3. The van der Waals surface area contributed by atoms with Crippen LogP contribution in [0.1, 0.15) is 18.9 Å². The van der Waals surface area contributed by atoms with Crippen LogP contribution >= 0.6 is 0 Å². The third-order valence-corrected chi connectivity index (χ3v) is 1.65. The Morgan fingerprint density at radius 2 is 2.20 bits per heavy atom. The van der Waals surface area contributed by atoms with Crippen LogP contribution in [0.25, 0.3) is 0 Å². The molecule has 3 nitrogen and oxygen atoms in total. The van der Waals surface area contributed by atoms with Crippen LogP contribution < -0.4 is 4.74 Å². The summed E-state index contributed by atoms with van der Waals surface area (Å²) in [4.78, 5) is 10.3. The highest BCUT2D eigenvalue weighted by Gasteiger charge is 1.98. The molecule has 0 bridgehead atoms. The molecule has 0 aromatic heterocycles. The van der Waals surface area contributed by atoms with Gasteiger partial charge in [0.05, 0.1) is 12.2 Å². The summed E-state index contributed by atoms with van der Waals surface area (Å²) in [5.74, 6) is 5.12. The van der Waals surface area contributed by atoms with Crippen molar-refractivity contribution in [2.45, 2.75) is 13.3 Å². The van der Waals surface area contributed by atoms with Crippen molar-refractivity contribution in [3.63, 3.8) is 0 Å². The van der Waals surface area contributed by atoms with E-state index < -0.39 is 5.97 Å². The Labute approximate surface area is 88.7 Å². The minimum absolute atomic E-state index is 0.152. The molecule has 0 saturated heterocycles. The SMILES string of the molecule is CCOc1ccccc1C#CCC(=O)O. The van der Waals surface area contributed by atoms with Crippen LogP contribution in [0.3, 0.4) is 0 Å². The number of benzene rings is 1. The first kappa shape index (κ1) is 11.1. The summed E-state index contributed by atoms with van der Waals surface area (Å²) in [6.45, 7) is 2.46. The fourth-order valence-corrected chi connectivity index (χ4v) is 1.07. The van der Waals surface area contributed by atoms with E-state index in [0.717, 1.165) is 5.56 Å². The average Bonchev–Trinajstić information content (AvgIpc) is 2.20. The molecule has 0 aliphatic rings. The van der Waals surface area contributed by atoms with E-state index in [4.69, 9.17) is 9.84 Å². The lowest BCUT2D eigenvalue weighted by molar-refractivity contribution is -0.135. The van der Waals surface area contributed by atoms with Crippen molar-refractivity contribution < 1.29 is 14.6 Å². The topological polar surface area (TPSA) is 46.5 Å². The van der Waals surface area contributed by atoms with Gasteiger partial charge in [-0.2, -0.15) is 0 Å². The second-order valence-corrected chi connectivity index (χ2v) is 2.80. The smallest absolute Gasteiger partial charge is 0.315 e. The molecule has 0 atom stereocenters. The fraction of sp³-hybridized carbons (Fsp3) is 0.250. The van der Waals surface area contributed by atoms with E-state index in [-0.39, 0.29) is 6.42 Å². The summed E-state index contributed by atoms with van der Waals surface area (Å²) in [5.41, 5.74) is 0.723. The minimum Gasteiger partial charge on any atom is -0.493 e. The van der Waals surface area contributed by atoms with Crippen LogP contribution in [0.4, 0.5) is 0 Å². The third-order valence-electron chi connectivity index (χ3n) is 1.65. The van der Waals surface area contributed by atoms with Gasteiger partial charge in [-0.05, 0) is 19.1 Å². The molecule has 0 aliphatic heterocycles. The van der Waals surface area contributed by atoms with Gasteiger partial charge >= 0.3 is 5.97 Å². The Balaban J connectivity index is 2.81. The number of carboxylic acids is 1. The van der Waals surface area contributed by atoms with Crippen molar-refractivity contribution in [2.24, 2.45) is 0 Å². The first-order valence-electron chi connectivity index (χ1n) is 4.66. The zero-order valence-electron chi connectivity index (χ0n) is 8.49. The van der Waals surface area contributed by atoms with Crippen molar-refractivity contribution in [2.75, 3.05) is 6.61 Å². The van der Waals surface area contributed by atoms with Gasteiger partial charge in [-0.3, -0.25) is 4.79 Å². The number of rotatable bonds is 3. The lowest BCUT2D eigenvalue weighted by Gasteiger charge is -2.04. The lowest BCUT2D eigenvalue weighted by atomic mass is 10.2. The van der Waals surface area contributed by atoms with Crippen molar-refractivity contribution in [3.05, 3.63) is 29.8 Å². The molecule has 78 valence electrons. The predicted octanol–water partition coefficient (Wildman–Crippen LogP) is 1.91. The summed E-state index contributed by atoms with van der Waals surface area (Å²) in [5, 5.41) is 8.43. The van der Waals surface area contributed by atoms with Crippen molar-refractivity contribution in [1.29, 1.82) is 0 Å². The molecule has 1 rings (SSSR count). The Hall–Kier alpha value is -1.95. The molecule has 0 radical (unpaired) electrons. The van der Waals surface area contributed by atoms with Gasteiger partial charge in [-0.15, -0.1) is 0 Å². The lowest BCUT2D eigenvalue weighted by Crippen LogP contribution is -1.94. The van der Waals surface area contributed by atoms with Gasteiger partial charge in [0.2, 0.25) is 0 Å². The van der Waals surface area contributed by atoms with Gasteiger partial charge in [-0.25, -0.2) is 0 Å². The Kier molecular flexibility index (Phi) is 4.24. The maximum Gasteiger partial charge on any atom is 0.315 e. The molecule has 3 heteroatoms. The zero-order valence-corrected chi connectivity index (χ0v) is 8.49. The Morgan fingerprint density at radius 1 is 1.47 bits per heavy atom. The molecule has 0 unspecified atom stereocenters. The van der Waals surface area contributed by atoms with Crippen molar-refractivity contribution in [1.82, 2.24) is 0 Å². The summed E-state index contributed by atoms with van der Waals surface area (Å²) >= 11 is 0. The van der Waals surface area contributed by atoms with Crippen LogP contribution in [0.2, 0.25) is 0 Å². The first-order valence-corrected chi connectivity index (χ1v) is 4.66. The van der Waals surface area contributed by atoms with Gasteiger partial charge in [0.15, 0.2) is 0 Å². The van der Waals surface area contributed by atoms with E-state index in [0.29, 0.717) is 12.4 Å². The van der Waals surface area contributed by atoms with Crippen LogP contribution in [0, 0.1) is 11.8 Å². The van der Waals surface area contributed by atoms with E-state index in [9.17, 15) is 4.79 Å². The number of para-hydroxylation sites is 1. The maximum absolute atomic E-state index is 10.3. The molecule has 0 spiro atoms. The zero-order chi connectivity index (χ0) is 11.1. The molecular formula is C12H12O3. The van der Waals surface area contributed by atoms with Gasteiger partial charge in [0, 0.05) is 0 Å². The minimum atomic E-state index is -0.920. The highest BCUT2D eigenvalue weighted by atomic mass is 16.5. The fourth-order valence-electron chi connectivity index (χ4n) is 1.07. The number of ether oxygens (including phenoxy) is 1.